The van der Waals surface area contributed by atoms with Crippen LogP contribution in [0.4, 0.5) is 16.2 Å². The average Bonchev–Trinajstić information content (AvgIpc) is 3.24. The molecule has 0 saturated carbocycles. The molecular formula is C23H23N3O4. The van der Waals surface area contributed by atoms with Gasteiger partial charge < -0.3 is 15.4 Å². The van der Waals surface area contributed by atoms with Crippen molar-refractivity contribution in [3.8, 4) is 0 Å². The fourth-order valence-corrected chi connectivity index (χ4v) is 3.72. The molecule has 1 atom stereocenters. The van der Waals surface area contributed by atoms with Gasteiger partial charge in [0, 0.05) is 29.4 Å². The molecular weight excluding hydrogens is 382 g/mol. The summed E-state index contributed by atoms with van der Waals surface area (Å²) in [6.45, 7) is 6.12. The van der Waals surface area contributed by atoms with E-state index in [-0.39, 0.29) is 24.5 Å². The number of hydrogen-bond donors (Lipinski definition) is 2. The summed E-state index contributed by atoms with van der Waals surface area (Å²) in [6.07, 6.45) is 1.04. The van der Waals surface area contributed by atoms with Crippen LogP contribution in [0, 0.1) is 13.8 Å². The van der Waals surface area contributed by atoms with Crippen molar-refractivity contribution in [3.63, 3.8) is 0 Å². The van der Waals surface area contributed by atoms with Crippen molar-refractivity contribution in [2.75, 3.05) is 23.3 Å². The number of cyclic esters (lactones) is 1. The predicted octanol–water partition coefficient (Wildman–Crippen LogP) is 3.26. The molecule has 2 aromatic carbocycles. The highest BCUT2D eigenvalue weighted by atomic mass is 16.6. The summed E-state index contributed by atoms with van der Waals surface area (Å²) in [6, 6.07) is 11.3. The minimum Gasteiger partial charge on any atom is -0.442 e. The van der Waals surface area contributed by atoms with Crippen molar-refractivity contribution in [3.05, 3.63) is 58.7 Å². The zero-order valence-corrected chi connectivity index (χ0v) is 17.1. The van der Waals surface area contributed by atoms with E-state index in [0.717, 1.165) is 27.9 Å². The highest BCUT2D eigenvalue weighted by molar-refractivity contribution is 6.35. The van der Waals surface area contributed by atoms with Gasteiger partial charge in [0.15, 0.2) is 0 Å². The van der Waals surface area contributed by atoms with Gasteiger partial charge in [-0.1, -0.05) is 18.2 Å². The molecule has 4 rings (SSSR count). The van der Waals surface area contributed by atoms with Crippen molar-refractivity contribution >= 4 is 40.9 Å². The molecule has 2 N–H and O–H groups in total. The zero-order valence-electron chi connectivity index (χ0n) is 17.1. The van der Waals surface area contributed by atoms with Gasteiger partial charge in [-0.2, -0.15) is 0 Å². The van der Waals surface area contributed by atoms with E-state index < -0.39 is 6.09 Å². The van der Waals surface area contributed by atoms with Crippen molar-refractivity contribution in [2.45, 2.75) is 26.9 Å². The van der Waals surface area contributed by atoms with Crippen LogP contribution in [-0.4, -0.2) is 37.1 Å². The maximum atomic E-state index is 12.5. The first kappa shape index (κ1) is 19.7. The number of rotatable bonds is 4. The summed E-state index contributed by atoms with van der Waals surface area (Å²) in [5.41, 5.74) is 6.18. The second-order valence-electron chi connectivity index (χ2n) is 7.59. The zero-order chi connectivity index (χ0) is 21.4. The van der Waals surface area contributed by atoms with Gasteiger partial charge in [-0.15, -0.1) is 0 Å². The van der Waals surface area contributed by atoms with Crippen LogP contribution >= 0.6 is 0 Å². The monoisotopic (exact) mass is 405 g/mol. The molecule has 30 heavy (non-hydrogen) atoms. The van der Waals surface area contributed by atoms with Crippen LogP contribution in [0.2, 0.25) is 0 Å². The molecule has 3 amide bonds. The van der Waals surface area contributed by atoms with Crippen molar-refractivity contribution < 1.29 is 19.1 Å². The lowest BCUT2D eigenvalue weighted by Gasteiger charge is -2.13. The smallest absolute Gasteiger partial charge is 0.414 e. The summed E-state index contributed by atoms with van der Waals surface area (Å²) >= 11 is 0. The van der Waals surface area contributed by atoms with E-state index >= 15 is 0 Å². The van der Waals surface area contributed by atoms with E-state index in [1.165, 1.54) is 11.8 Å². The summed E-state index contributed by atoms with van der Waals surface area (Å²) in [5, 5.41) is 5.58. The van der Waals surface area contributed by atoms with E-state index in [9.17, 15) is 14.4 Å². The number of ether oxygens (including phenoxy) is 1. The Hall–Kier alpha value is -3.61. The van der Waals surface area contributed by atoms with Gasteiger partial charge >= 0.3 is 6.09 Å². The van der Waals surface area contributed by atoms with Gasteiger partial charge in [0.05, 0.1) is 13.1 Å². The Labute approximate surface area is 174 Å². The van der Waals surface area contributed by atoms with Gasteiger partial charge in [0.1, 0.15) is 6.10 Å². The van der Waals surface area contributed by atoms with E-state index in [4.69, 9.17) is 4.74 Å². The van der Waals surface area contributed by atoms with Gasteiger partial charge in [-0.25, -0.2) is 4.79 Å². The number of carbonyl (C=O) groups excluding carboxylic acids is 3. The highest BCUT2D eigenvalue weighted by Gasteiger charge is 2.32. The SMILES string of the molecule is CC(=O)NC[C@H]1CN(c2ccc(C=C3C(=O)Nc4ccc(C)c(C)c43)cc2)C(=O)O1. The number of nitrogens with zero attached hydrogens (tertiary/aromatic N) is 1. The summed E-state index contributed by atoms with van der Waals surface area (Å²) < 4.78 is 5.30. The van der Waals surface area contributed by atoms with E-state index in [1.807, 2.05) is 56.3 Å². The molecule has 0 unspecified atom stereocenters. The molecule has 1 fully saturated rings. The highest BCUT2D eigenvalue weighted by Crippen LogP contribution is 2.37. The number of fused-ring (bicyclic) bond motifs is 1. The molecule has 2 heterocycles. The molecule has 0 spiro atoms. The van der Waals surface area contributed by atoms with Gasteiger partial charge in [-0.05, 0) is 54.8 Å². The second kappa shape index (κ2) is 7.67. The number of carbonyl (C=O) groups is 3. The van der Waals surface area contributed by atoms with Crippen LogP contribution in [0.5, 0.6) is 0 Å². The third-order valence-electron chi connectivity index (χ3n) is 5.47. The minimum atomic E-state index is -0.438. The number of amides is 3. The number of anilines is 2. The fourth-order valence-electron chi connectivity index (χ4n) is 3.72. The number of hydrogen-bond acceptors (Lipinski definition) is 4. The average molecular weight is 405 g/mol. The third-order valence-corrected chi connectivity index (χ3v) is 5.47. The first-order valence-corrected chi connectivity index (χ1v) is 9.80. The lowest BCUT2D eigenvalue weighted by atomic mass is 9.96. The Morgan fingerprint density at radius 1 is 1.20 bits per heavy atom. The largest absolute Gasteiger partial charge is 0.442 e. The van der Waals surface area contributed by atoms with Crippen molar-refractivity contribution in [2.24, 2.45) is 0 Å². The molecule has 0 aliphatic carbocycles. The Bertz CT molecular complexity index is 1070. The topological polar surface area (TPSA) is 87.7 Å². The van der Waals surface area contributed by atoms with Gasteiger partial charge in [0.25, 0.3) is 5.91 Å². The van der Waals surface area contributed by atoms with Crippen molar-refractivity contribution in [1.82, 2.24) is 5.32 Å². The molecule has 2 aromatic rings. The molecule has 0 aromatic heterocycles. The molecule has 1 saturated heterocycles. The summed E-state index contributed by atoms with van der Waals surface area (Å²) in [5.74, 6) is -0.281. The molecule has 7 heteroatoms. The van der Waals surface area contributed by atoms with Crippen LogP contribution in [0.15, 0.2) is 36.4 Å². The first-order valence-electron chi connectivity index (χ1n) is 9.80. The first-order chi connectivity index (χ1) is 14.3. The quantitative estimate of drug-likeness (QED) is 0.765. The number of benzene rings is 2. The Kier molecular flexibility index (Phi) is 5.03. The molecule has 154 valence electrons. The Morgan fingerprint density at radius 3 is 2.63 bits per heavy atom. The van der Waals surface area contributed by atoms with Crippen LogP contribution in [-0.2, 0) is 14.3 Å². The molecule has 2 aliphatic rings. The van der Waals surface area contributed by atoms with Gasteiger partial charge in [0.2, 0.25) is 5.91 Å². The lowest BCUT2D eigenvalue weighted by molar-refractivity contribution is -0.119. The Morgan fingerprint density at radius 2 is 1.93 bits per heavy atom. The fraction of sp³-hybridized carbons (Fsp3) is 0.261. The van der Waals surface area contributed by atoms with Crippen LogP contribution in [0.3, 0.4) is 0 Å². The van der Waals surface area contributed by atoms with E-state index in [2.05, 4.69) is 10.6 Å². The summed E-state index contributed by atoms with van der Waals surface area (Å²) in [4.78, 5) is 37.2. The molecule has 7 nitrogen and oxygen atoms in total. The molecule has 0 radical (unpaired) electrons. The number of aryl methyl sites for hydroxylation is 1. The Balaban J connectivity index is 1.54. The normalized spacial score (nSPS) is 19.0. The summed E-state index contributed by atoms with van der Waals surface area (Å²) in [7, 11) is 0. The standard InChI is InChI=1S/C23H23N3O4/c1-13-4-9-20-21(14(13)2)19(22(28)25-20)10-16-5-7-17(8-6-16)26-12-18(30-23(26)29)11-24-15(3)27/h4-10,18H,11-12H2,1-3H3,(H,24,27)(H,25,28)/t18-/m0/s1. The molecule has 2 aliphatic heterocycles. The van der Waals surface area contributed by atoms with Crippen LogP contribution in [0.25, 0.3) is 11.6 Å². The minimum absolute atomic E-state index is 0.119. The van der Waals surface area contributed by atoms with E-state index in [0.29, 0.717) is 17.8 Å². The number of nitrogens with one attached hydrogen (secondary N) is 2. The maximum absolute atomic E-state index is 12.5. The van der Waals surface area contributed by atoms with Crippen LogP contribution < -0.4 is 15.5 Å². The lowest BCUT2D eigenvalue weighted by Crippen LogP contribution is -2.33. The van der Waals surface area contributed by atoms with Crippen molar-refractivity contribution in [1.29, 1.82) is 0 Å². The molecule has 0 bridgehead atoms. The third kappa shape index (κ3) is 3.66. The predicted molar refractivity (Wildman–Crippen MR) is 115 cm³/mol. The van der Waals surface area contributed by atoms with Crippen LogP contribution in [0.1, 0.15) is 29.2 Å². The second-order valence-corrected chi connectivity index (χ2v) is 7.59. The van der Waals surface area contributed by atoms with E-state index in [1.54, 1.807) is 0 Å². The van der Waals surface area contributed by atoms with Gasteiger partial charge in [-0.3, -0.25) is 14.5 Å². The maximum Gasteiger partial charge on any atom is 0.414 e.